The van der Waals surface area contributed by atoms with Gasteiger partial charge in [0, 0.05) is 29.3 Å². The van der Waals surface area contributed by atoms with Crippen LogP contribution in [0.5, 0.6) is 0 Å². The van der Waals surface area contributed by atoms with Gasteiger partial charge in [0.2, 0.25) is 0 Å². The summed E-state index contributed by atoms with van der Waals surface area (Å²) in [6.45, 7) is 4.19. The van der Waals surface area contributed by atoms with Crippen LogP contribution < -0.4 is 4.90 Å². The third-order valence-corrected chi connectivity index (χ3v) is 3.96. The number of aliphatic hydroxyl groups is 1. The standard InChI is InChI=1S/C19H18N2O2/c1-19(2)13-21(18(23)17(19)22)16-11-10-15(12-20-16)9-8-14-6-4-3-5-7-14/h3-7,10-12,17,22H,13H2,1-2H3. The third-order valence-electron chi connectivity index (χ3n) is 3.96. The molecule has 1 atom stereocenters. The summed E-state index contributed by atoms with van der Waals surface area (Å²) in [5.74, 6) is 6.36. The number of aromatic nitrogens is 1. The van der Waals surface area contributed by atoms with Crippen molar-refractivity contribution < 1.29 is 9.90 Å². The molecule has 1 aliphatic heterocycles. The van der Waals surface area contributed by atoms with Crippen molar-refractivity contribution >= 4 is 11.7 Å². The zero-order chi connectivity index (χ0) is 16.4. The van der Waals surface area contributed by atoms with Crippen molar-refractivity contribution in [2.75, 3.05) is 11.4 Å². The van der Waals surface area contributed by atoms with Gasteiger partial charge < -0.3 is 5.11 Å². The summed E-state index contributed by atoms with van der Waals surface area (Å²) in [5, 5.41) is 9.98. The van der Waals surface area contributed by atoms with Gasteiger partial charge in [-0.05, 0) is 24.3 Å². The summed E-state index contributed by atoms with van der Waals surface area (Å²) in [6.07, 6.45) is 0.665. The zero-order valence-corrected chi connectivity index (χ0v) is 13.2. The SMILES string of the molecule is CC1(C)CN(c2ccc(C#Cc3ccccc3)cn2)C(=O)C1O. The van der Waals surface area contributed by atoms with Crippen LogP contribution in [0.25, 0.3) is 0 Å². The van der Waals surface area contributed by atoms with Gasteiger partial charge >= 0.3 is 0 Å². The predicted molar refractivity (Wildman–Crippen MR) is 88.8 cm³/mol. The molecule has 1 amide bonds. The van der Waals surface area contributed by atoms with Crippen LogP contribution in [0.15, 0.2) is 48.7 Å². The largest absolute Gasteiger partial charge is 0.383 e. The molecule has 1 fully saturated rings. The Kier molecular flexibility index (Phi) is 3.89. The first kappa shape index (κ1) is 15.3. The number of hydrogen-bond donors (Lipinski definition) is 1. The van der Waals surface area contributed by atoms with E-state index < -0.39 is 11.5 Å². The van der Waals surface area contributed by atoms with E-state index in [9.17, 15) is 9.90 Å². The average Bonchev–Trinajstić information content (AvgIpc) is 2.78. The van der Waals surface area contributed by atoms with Crippen molar-refractivity contribution in [2.24, 2.45) is 5.41 Å². The van der Waals surface area contributed by atoms with Crippen LogP contribution in [0.1, 0.15) is 25.0 Å². The number of carbonyl (C=O) groups is 1. The summed E-state index contributed by atoms with van der Waals surface area (Å²) in [4.78, 5) is 18.0. The maximum absolute atomic E-state index is 12.1. The van der Waals surface area contributed by atoms with E-state index in [0.717, 1.165) is 11.1 Å². The Morgan fingerprint density at radius 1 is 1.13 bits per heavy atom. The molecule has 4 heteroatoms. The number of nitrogens with zero attached hydrogens (tertiary/aromatic N) is 2. The molecule has 2 heterocycles. The average molecular weight is 306 g/mol. The monoisotopic (exact) mass is 306 g/mol. The van der Waals surface area contributed by atoms with E-state index in [4.69, 9.17) is 0 Å². The summed E-state index contributed by atoms with van der Waals surface area (Å²) in [7, 11) is 0. The van der Waals surface area contributed by atoms with Crippen LogP contribution in [-0.4, -0.2) is 28.6 Å². The molecule has 1 aromatic carbocycles. The molecule has 1 saturated heterocycles. The van der Waals surface area contributed by atoms with E-state index in [-0.39, 0.29) is 5.91 Å². The molecule has 1 unspecified atom stereocenters. The molecule has 1 aromatic heterocycles. The van der Waals surface area contributed by atoms with E-state index in [1.165, 1.54) is 4.90 Å². The minimum absolute atomic E-state index is 0.300. The normalized spacial score (nSPS) is 19.3. The van der Waals surface area contributed by atoms with Gasteiger partial charge in [0.1, 0.15) is 11.9 Å². The highest BCUT2D eigenvalue weighted by molar-refractivity contribution is 5.98. The molecular formula is C19H18N2O2. The van der Waals surface area contributed by atoms with Crippen molar-refractivity contribution in [1.29, 1.82) is 0 Å². The van der Waals surface area contributed by atoms with E-state index in [0.29, 0.717) is 12.4 Å². The second-order valence-corrected chi connectivity index (χ2v) is 6.34. The smallest absolute Gasteiger partial charge is 0.257 e. The molecule has 0 aliphatic carbocycles. The lowest BCUT2D eigenvalue weighted by atomic mass is 9.90. The molecule has 23 heavy (non-hydrogen) atoms. The highest BCUT2D eigenvalue weighted by atomic mass is 16.3. The first-order chi connectivity index (χ1) is 11.0. The summed E-state index contributed by atoms with van der Waals surface area (Å²) < 4.78 is 0. The van der Waals surface area contributed by atoms with Gasteiger partial charge in [-0.3, -0.25) is 9.69 Å². The third kappa shape index (κ3) is 3.10. The summed E-state index contributed by atoms with van der Waals surface area (Å²) in [5.41, 5.74) is 1.25. The van der Waals surface area contributed by atoms with Gasteiger partial charge in [-0.15, -0.1) is 0 Å². The van der Waals surface area contributed by atoms with Gasteiger partial charge in [-0.2, -0.15) is 0 Å². The van der Waals surface area contributed by atoms with Crippen LogP contribution >= 0.6 is 0 Å². The minimum Gasteiger partial charge on any atom is -0.383 e. The Labute approximate surface area is 135 Å². The van der Waals surface area contributed by atoms with Gasteiger partial charge in [0.15, 0.2) is 0 Å². The number of pyridine rings is 1. The lowest BCUT2D eigenvalue weighted by Gasteiger charge is -2.19. The maximum Gasteiger partial charge on any atom is 0.257 e. The molecule has 1 aliphatic rings. The van der Waals surface area contributed by atoms with Crippen molar-refractivity contribution in [3.8, 4) is 11.8 Å². The highest BCUT2D eigenvalue weighted by Crippen LogP contribution is 2.33. The van der Waals surface area contributed by atoms with Crippen molar-refractivity contribution in [3.05, 3.63) is 59.8 Å². The maximum atomic E-state index is 12.1. The molecule has 0 radical (unpaired) electrons. The molecule has 4 nitrogen and oxygen atoms in total. The van der Waals surface area contributed by atoms with E-state index in [1.807, 2.05) is 50.2 Å². The Morgan fingerprint density at radius 2 is 1.83 bits per heavy atom. The van der Waals surface area contributed by atoms with E-state index in [1.54, 1.807) is 12.3 Å². The van der Waals surface area contributed by atoms with Gasteiger partial charge in [-0.1, -0.05) is 43.9 Å². The van der Waals surface area contributed by atoms with Gasteiger partial charge in [0.05, 0.1) is 0 Å². The topological polar surface area (TPSA) is 53.4 Å². The second kappa shape index (κ2) is 5.86. The Morgan fingerprint density at radius 3 is 2.39 bits per heavy atom. The number of carbonyl (C=O) groups excluding carboxylic acids is 1. The molecule has 116 valence electrons. The number of benzene rings is 1. The van der Waals surface area contributed by atoms with Crippen LogP contribution in [0.2, 0.25) is 0 Å². The van der Waals surface area contributed by atoms with Crippen LogP contribution in [0.3, 0.4) is 0 Å². The highest BCUT2D eigenvalue weighted by Gasteiger charge is 2.46. The fourth-order valence-electron chi connectivity index (χ4n) is 2.53. The molecular weight excluding hydrogens is 288 g/mol. The number of rotatable bonds is 1. The molecule has 2 aromatic rings. The number of amides is 1. The number of aliphatic hydroxyl groups excluding tert-OH is 1. The van der Waals surface area contributed by atoms with Gasteiger partial charge in [-0.25, -0.2) is 4.98 Å². The number of anilines is 1. The first-order valence-corrected chi connectivity index (χ1v) is 7.50. The van der Waals surface area contributed by atoms with Crippen LogP contribution in [-0.2, 0) is 4.79 Å². The van der Waals surface area contributed by atoms with Crippen molar-refractivity contribution in [2.45, 2.75) is 20.0 Å². The molecule has 3 rings (SSSR count). The lowest BCUT2D eigenvalue weighted by Crippen LogP contribution is -2.31. The minimum atomic E-state index is -0.984. The predicted octanol–water partition coefficient (Wildman–Crippen LogP) is 2.22. The Hall–Kier alpha value is -2.64. The van der Waals surface area contributed by atoms with Gasteiger partial charge in [0.25, 0.3) is 5.91 Å². The Bertz CT molecular complexity index is 771. The lowest BCUT2D eigenvalue weighted by molar-refractivity contribution is -0.126. The van der Waals surface area contributed by atoms with Crippen molar-refractivity contribution in [1.82, 2.24) is 4.98 Å². The van der Waals surface area contributed by atoms with Crippen LogP contribution in [0.4, 0.5) is 5.82 Å². The summed E-state index contributed by atoms with van der Waals surface area (Å²) >= 11 is 0. The van der Waals surface area contributed by atoms with E-state index in [2.05, 4.69) is 16.8 Å². The second-order valence-electron chi connectivity index (χ2n) is 6.34. The summed E-state index contributed by atoms with van der Waals surface area (Å²) in [6, 6.07) is 13.3. The van der Waals surface area contributed by atoms with E-state index >= 15 is 0 Å². The zero-order valence-electron chi connectivity index (χ0n) is 13.2. The van der Waals surface area contributed by atoms with Crippen LogP contribution in [0, 0.1) is 17.3 Å². The fourth-order valence-corrected chi connectivity index (χ4v) is 2.53. The quantitative estimate of drug-likeness (QED) is 0.822. The molecule has 1 N–H and O–H groups in total. The molecule has 0 bridgehead atoms. The Balaban J connectivity index is 1.79. The number of hydrogen-bond acceptors (Lipinski definition) is 3. The molecule has 0 saturated carbocycles. The molecule has 0 spiro atoms. The van der Waals surface area contributed by atoms with Crippen molar-refractivity contribution in [3.63, 3.8) is 0 Å². The fraction of sp³-hybridized carbons (Fsp3) is 0.263. The first-order valence-electron chi connectivity index (χ1n) is 7.50.